The van der Waals surface area contributed by atoms with E-state index in [1.165, 1.54) is 19.3 Å². The lowest BCUT2D eigenvalue weighted by Gasteiger charge is -2.41. The van der Waals surface area contributed by atoms with E-state index in [2.05, 4.69) is 17.6 Å². The lowest BCUT2D eigenvalue weighted by molar-refractivity contribution is 0.125. The summed E-state index contributed by atoms with van der Waals surface area (Å²) in [6.07, 6.45) is 4.77. The van der Waals surface area contributed by atoms with Crippen molar-refractivity contribution in [2.24, 2.45) is 5.41 Å². The third-order valence-electron chi connectivity index (χ3n) is 4.48. The number of carbonyl (C=O) groups excluding carboxylic acids is 1. The number of amides is 2. The molecule has 0 bridgehead atoms. The maximum Gasteiger partial charge on any atom is 0.315 e. The van der Waals surface area contributed by atoms with Gasteiger partial charge in [0.25, 0.3) is 0 Å². The van der Waals surface area contributed by atoms with Crippen LogP contribution in [-0.2, 0) is 0 Å². The Kier molecular flexibility index (Phi) is 5.01. The SMILES string of the molecule is CCC1(CNC(=O)NC(CO)c2ccccc2)CCC1. The predicted octanol–water partition coefficient (Wildman–Crippen LogP) is 2.60. The van der Waals surface area contributed by atoms with E-state index in [1.54, 1.807) is 0 Å². The molecule has 0 heterocycles. The van der Waals surface area contributed by atoms with E-state index in [4.69, 9.17) is 0 Å². The Labute approximate surface area is 120 Å². The zero-order valence-electron chi connectivity index (χ0n) is 12.1. The molecule has 0 saturated heterocycles. The van der Waals surface area contributed by atoms with Gasteiger partial charge in [0, 0.05) is 6.54 Å². The van der Waals surface area contributed by atoms with Crippen molar-refractivity contribution in [3.05, 3.63) is 35.9 Å². The van der Waals surface area contributed by atoms with E-state index in [9.17, 15) is 9.90 Å². The molecule has 1 unspecified atom stereocenters. The maximum atomic E-state index is 12.0. The molecular weight excluding hydrogens is 252 g/mol. The van der Waals surface area contributed by atoms with E-state index in [1.807, 2.05) is 30.3 Å². The van der Waals surface area contributed by atoms with E-state index in [0.29, 0.717) is 5.41 Å². The van der Waals surface area contributed by atoms with E-state index < -0.39 is 0 Å². The van der Waals surface area contributed by atoms with Gasteiger partial charge >= 0.3 is 6.03 Å². The van der Waals surface area contributed by atoms with Crippen molar-refractivity contribution in [3.63, 3.8) is 0 Å². The molecule has 0 aliphatic heterocycles. The minimum Gasteiger partial charge on any atom is -0.394 e. The molecule has 1 atom stereocenters. The molecule has 1 aliphatic carbocycles. The number of aliphatic hydroxyl groups is 1. The highest BCUT2D eigenvalue weighted by molar-refractivity contribution is 5.74. The number of hydrogen-bond donors (Lipinski definition) is 3. The molecule has 0 aromatic heterocycles. The first-order chi connectivity index (χ1) is 9.69. The molecule has 1 aliphatic rings. The summed E-state index contributed by atoms with van der Waals surface area (Å²) in [5.74, 6) is 0. The topological polar surface area (TPSA) is 61.4 Å². The second kappa shape index (κ2) is 6.75. The van der Waals surface area contributed by atoms with Crippen LogP contribution >= 0.6 is 0 Å². The Bertz CT molecular complexity index is 424. The van der Waals surface area contributed by atoms with Gasteiger partial charge in [0.1, 0.15) is 0 Å². The van der Waals surface area contributed by atoms with Crippen LogP contribution in [-0.4, -0.2) is 24.3 Å². The molecule has 1 fully saturated rings. The summed E-state index contributed by atoms with van der Waals surface area (Å²) in [5.41, 5.74) is 1.22. The second-order valence-corrected chi connectivity index (χ2v) is 5.68. The van der Waals surface area contributed by atoms with Crippen LogP contribution in [0.25, 0.3) is 0 Å². The summed E-state index contributed by atoms with van der Waals surface area (Å²) in [5, 5.41) is 15.2. The second-order valence-electron chi connectivity index (χ2n) is 5.68. The van der Waals surface area contributed by atoms with Crippen LogP contribution in [0.1, 0.15) is 44.2 Å². The molecule has 3 N–H and O–H groups in total. The molecule has 110 valence electrons. The van der Waals surface area contributed by atoms with Crippen LogP contribution < -0.4 is 10.6 Å². The standard InChI is InChI=1S/C16H24N2O2/c1-2-16(9-6-10-16)12-17-15(20)18-14(11-19)13-7-4-3-5-8-13/h3-5,7-8,14,19H,2,6,9-12H2,1H3,(H2,17,18,20). The predicted molar refractivity (Wildman–Crippen MR) is 79.4 cm³/mol. The molecule has 1 saturated carbocycles. The molecule has 4 heteroatoms. The summed E-state index contributed by atoms with van der Waals surface area (Å²) in [6, 6.07) is 8.97. The van der Waals surface area contributed by atoms with Gasteiger partial charge in [0.05, 0.1) is 12.6 Å². The molecule has 4 nitrogen and oxygen atoms in total. The Morgan fingerprint density at radius 1 is 1.35 bits per heavy atom. The number of urea groups is 1. The third-order valence-corrected chi connectivity index (χ3v) is 4.48. The van der Waals surface area contributed by atoms with Gasteiger partial charge in [-0.05, 0) is 30.2 Å². The van der Waals surface area contributed by atoms with Crippen LogP contribution in [0.3, 0.4) is 0 Å². The van der Waals surface area contributed by atoms with Gasteiger partial charge in [-0.25, -0.2) is 4.79 Å². The fourth-order valence-corrected chi connectivity index (χ4v) is 2.73. The number of carbonyl (C=O) groups is 1. The molecule has 0 spiro atoms. The van der Waals surface area contributed by atoms with Crippen LogP contribution in [0.2, 0.25) is 0 Å². The first-order valence-corrected chi connectivity index (χ1v) is 7.39. The average Bonchev–Trinajstić information content (AvgIpc) is 2.45. The highest BCUT2D eigenvalue weighted by atomic mass is 16.3. The Balaban J connectivity index is 1.84. The van der Waals surface area contributed by atoms with Crippen molar-refractivity contribution in [2.75, 3.05) is 13.2 Å². The van der Waals surface area contributed by atoms with Crippen molar-refractivity contribution in [1.82, 2.24) is 10.6 Å². The largest absolute Gasteiger partial charge is 0.394 e. The lowest BCUT2D eigenvalue weighted by atomic mass is 9.67. The highest BCUT2D eigenvalue weighted by Crippen LogP contribution is 2.42. The Hall–Kier alpha value is -1.55. The fourth-order valence-electron chi connectivity index (χ4n) is 2.73. The van der Waals surface area contributed by atoms with Gasteiger partial charge in [-0.15, -0.1) is 0 Å². The van der Waals surface area contributed by atoms with Gasteiger partial charge in [0.2, 0.25) is 0 Å². The molecule has 0 radical (unpaired) electrons. The summed E-state index contributed by atoms with van der Waals surface area (Å²) in [6.45, 7) is 2.80. The highest BCUT2D eigenvalue weighted by Gasteiger charge is 2.35. The minimum atomic E-state index is -0.352. The van der Waals surface area contributed by atoms with E-state index in [-0.39, 0.29) is 18.7 Å². The average molecular weight is 276 g/mol. The van der Waals surface area contributed by atoms with Gasteiger partial charge < -0.3 is 15.7 Å². The van der Waals surface area contributed by atoms with Gasteiger partial charge in [-0.3, -0.25) is 0 Å². The fraction of sp³-hybridized carbons (Fsp3) is 0.562. The summed E-state index contributed by atoms with van der Waals surface area (Å²) in [4.78, 5) is 12.0. The quantitative estimate of drug-likeness (QED) is 0.748. The van der Waals surface area contributed by atoms with Crippen molar-refractivity contribution in [1.29, 1.82) is 0 Å². The molecule has 20 heavy (non-hydrogen) atoms. The van der Waals surface area contributed by atoms with Gasteiger partial charge in [-0.1, -0.05) is 43.7 Å². The molecule has 2 amide bonds. The van der Waals surface area contributed by atoms with Gasteiger partial charge in [-0.2, -0.15) is 0 Å². The first-order valence-electron chi connectivity index (χ1n) is 7.39. The molecule has 1 aromatic rings. The molecule has 2 rings (SSSR count). The zero-order chi connectivity index (χ0) is 14.4. The smallest absolute Gasteiger partial charge is 0.315 e. The van der Waals surface area contributed by atoms with Crippen LogP contribution in [0.5, 0.6) is 0 Å². The number of hydrogen-bond acceptors (Lipinski definition) is 2. The number of benzene rings is 1. The normalized spacial score (nSPS) is 17.9. The van der Waals surface area contributed by atoms with Crippen molar-refractivity contribution < 1.29 is 9.90 Å². The Morgan fingerprint density at radius 3 is 2.55 bits per heavy atom. The number of nitrogens with one attached hydrogen (secondary N) is 2. The number of aliphatic hydroxyl groups excluding tert-OH is 1. The summed E-state index contributed by atoms with van der Waals surface area (Å²) in [7, 11) is 0. The van der Waals surface area contributed by atoms with E-state index >= 15 is 0 Å². The van der Waals surface area contributed by atoms with Crippen LogP contribution in [0.15, 0.2) is 30.3 Å². The molecule has 1 aromatic carbocycles. The van der Waals surface area contributed by atoms with Crippen molar-refractivity contribution in [2.45, 2.75) is 38.6 Å². The van der Waals surface area contributed by atoms with Crippen molar-refractivity contribution in [3.8, 4) is 0 Å². The molecular formula is C16H24N2O2. The summed E-state index contributed by atoms with van der Waals surface area (Å²) >= 11 is 0. The lowest BCUT2D eigenvalue weighted by Crippen LogP contribution is -2.46. The van der Waals surface area contributed by atoms with Crippen LogP contribution in [0.4, 0.5) is 4.79 Å². The summed E-state index contributed by atoms with van der Waals surface area (Å²) < 4.78 is 0. The Morgan fingerprint density at radius 2 is 2.05 bits per heavy atom. The first kappa shape index (κ1) is 14.9. The third kappa shape index (κ3) is 3.51. The van der Waals surface area contributed by atoms with Crippen molar-refractivity contribution >= 4 is 6.03 Å². The van der Waals surface area contributed by atoms with E-state index in [0.717, 1.165) is 18.5 Å². The minimum absolute atomic E-state index is 0.101. The van der Waals surface area contributed by atoms with Gasteiger partial charge in [0.15, 0.2) is 0 Å². The maximum absolute atomic E-state index is 12.0. The zero-order valence-corrected chi connectivity index (χ0v) is 12.1. The monoisotopic (exact) mass is 276 g/mol. The number of rotatable bonds is 6. The van der Waals surface area contributed by atoms with Crippen LogP contribution in [0, 0.1) is 5.41 Å².